The van der Waals surface area contributed by atoms with E-state index in [1.807, 2.05) is 11.0 Å². The number of carbonyl (C=O) groups is 2. The number of aromatic nitrogens is 4. The van der Waals surface area contributed by atoms with Crippen LogP contribution in [0, 0.1) is 18.7 Å². The minimum Gasteiger partial charge on any atom is -0.340 e. The molecule has 0 spiro atoms. The van der Waals surface area contributed by atoms with Gasteiger partial charge < -0.3 is 15.5 Å². The number of halogens is 1. The Bertz CT molecular complexity index is 1220. The highest BCUT2D eigenvalue weighted by molar-refractivity contribution is 5.98. The van der Waals surface area contributed by atoms with Gasteiger partial charge in [-0.1, -0.05) is 18.2 Å². The summed E-state index contributed by atoms with van der Waals surface area (Å²) >= 11 is 0. The molecule has 1 aliphatic carbocycles. The molecule has 10 heteroatoms. The second-order valence-corrected chi connectivity index (χ2v) is 9.44. The number of amides is 3. The number of carbonyl (C=O) groups excluding carboxylic acids is 2. The maximum atomic E-state index is 13.4. The van der Waals surface area contributed by atoms with Gasteiger partial charge in [-0.2, -0.15) is 4.68 Å². The molecule has 0 unspecified atom stereocenters. The van der Waals surface area contributed by atoms with Crippen LogP contribution >= 0.6 is 0 Å². The molecule has 1 atom stereocenters. The van der Waals surface area contributed by atoms with Crippen LogP contribution in [-0.4, -0.2) is 55.7 Å². The van der Waals surface area contributed by atoms with Crippen molar-refractivity contribution in [2.75, 3.05) is 18.4 Å². The van der Waals surface area contributed by atoms with Crippen LogP contribution in [0.5, 0.6) is 0 Å². The van der Waals surface area contributed by atoms with Crippen LogP contribution in [0.2, 0.25) is 0 Å². The van der Waals surface area contributed by atoms with Gasteiger partial charge in [0.25, 0.3) is 0 Å². The van der Waals surface area contributed by atoms with E-state index in [9.17, 15) is 14.0 Å². The standard InChI is InChI=1S/C25H28FN7O2/c1-17-29-30-31-33(17)22-6-2-5-21(15-22)27-24(35)28-25(11-12-25)23(34)32-13-3-4-19(16-32)14-18-7-9-20(26)10-8-18/h2,5-10,15,19H,3-4,11-14,16H2,1H3,(H2,27,28,35)/t19-/m0/s1. The van der Waals surface area contributed by atoms with Crippen molar-refractivity contribution < 1.29 is 14.0 Å². The first-order valence-electron chi connectivity index (χ1n) is 11.9. The van der Waals surface area contributed by atoms with E-state index in [1.54, 1.807) is 41.9 Å². The SMILES string of the molecule is Cc1nnnn1-c1cccc(NC(=O)NC2(C(=O)N3CCC[C@@H](Cc4ccc(F)cc4)C3)CC2)c1. The Morgan fingerprint density at radius 3 is 2.69 bits per heavy atom. The molecular weight excluding hydrogens is 449 g/mol. The highest BCUT2D eigenvalue weighted by Gasteiger charge is 2.53. The lowest BCUT2D eigenvalue weighted by atomic mass is 9.91. The number of piperidine rings is 1. The molecular formula is C25H28FN7O2. The molecule has 9 nitrogen and oxygen atoms in total. The van der Waals surface area contributed by atoms with Crippen LogP contribution in [0.1, 0.15) is 37.1 Å². The average Bonchev–Trinajstić information content (AvgIpc) is 3.50. The van der Waals surface area contributed by atoms with Crippen molar-refractivity contribution in [3.8, 4) is 5.69 Å². The van der Waals surface area contributed by atoms with E-state index >= 15 is 0 Å². The summed E-state index contributed by atoms with van der Waals surface area (Å²) in [6.45, 7) is 3.13. The van der Waals surface area contributed by atoms with Gasteiger partial charge in [0.1, 0.15) is 11.4 Å². The van der Waals surface area contributed by atoms with Crippen LogP contribution in [0.15, 0.2) is 48.5 Å². The van der Waals surface area contributed by atoms with E-state index in [1.165, 1.54) is 12.1 Å². The number of aryl methyl sites for hydroxylation is 1. The van der Waals surface area contributed by atoms with Crippen molar-refractivity contribution in [2.24, 2.45) is 5.92 Å². The number of nitrogens with one attached hydrogen (secondary N) is 2. The Labute approximate surface area is 202 Å². The molecule has 2 N–H and O–H groups in total. The van der Waals surface area contributed by atoms with Gasteiger partial charge in [0, 0.05) is 18.8 Å². The summed E-state index contributed by atoms with van der Waals surface area (Å²) in [6, 6.07) is 13.3. The Balaban J connectivity index is 1.19. The molecule has 0 bridgehead atoms. The van der Waals surface area contributed by atoms with Crippen LogP contribution in [-0.2, 0) is 11.2 Å². The van der Waals surface area contributed by atoms with Gasteiger partial charge >= 0.3 is 6.03 Å². The molecule has 2 heterocycles. The van der Waals surface area contributed by atoms with Crippen molar-refractivity contribution in [2.45, 2.75) is 44.6 Å². The molecule has 2 aliphatic rings. The Morgan fingerprint density at radius 2 is 1.97 bits per heavy atom. The van der Waals surface area contributed by atoms with Crippen molar-refractivity contribution in [3.05, 3.63) is 65.7 Å². The highest BCUT2D eigenvalue weighted by Crippen LogP contribution is 2.38. The maximum Gasteiger partial charge on any atom is 0.320 e. The smallest absolute Gasteiger partial charge is 0.320 e. The van der Waals surface area contributed by atoms with Gasteiger partial charge in [0.15, 0.2) is 5.82 Å². The van der Waals surface area contributed by atoms with E-state index in [-0.39, 0.29) is 11.7 Å². The lowest BCUT2D eigenvalue weighted by Gasteiger charge is -2.35. The third-order valence-corrected chi connectivity index (χ3v) is 6.73. The number of anilines is 1. The molecule has 1 aromatic heterocycles. The number of hydrogen-bond donors (Lipinski definition) is 2. The van der Waals surface area contributed by atoms with Gasteiger partial charge in [0.2, 0.25) is 5.91 Å². The molecule has 0 radical (unpaired) electrons. The normalized spacial score (nSPS) is 18.7. The number of nitrogens with zero attached hydrogens (tertiary/aromatic N) is 5. The topological polar surface area (TPSA) is 105 Å². The fourth-order valence-corrected chi connectivity index (χ4v) is 4.76. The molecule has 182 valence electrons. The number of likely N-dealkylation sites (tertiary alicyclic amines) is 1. The fourth-order valence-electron chi connectivity index (χ4n) is 4.76. The molecule has 1 saturated heterocycles. The van der Waals surface area contributed by atoms with Crippen LogP contribution in [0.25, 0.3) is 5.69 Å². The van der Waals surface area contributed by atoms with E-state index in [0.29, 0.717) is 43.4 Å². The fraction of sp³-hybridized carbons (Fsp3) is 0.400. The van der Waals surface area contributed by atoms with Crippen molar-refractivity contribution >= 4 is 17.6 Å². The molecule has 35 heavy (non-hydrogen) atoms. The van der Waals surface area contributed by atoms with Crippen LogP contribution < -0.4 is 10.6 Å². The number of tetrazole rings is 1. The zero-order valence-electron chi connectivity index (χ0n) is 19.6. The van der Waals surface area contributed by atoms with Gasteiger partial charge in [-0.25, -0.2) is 9.18 Å². The number of urea groups is 1. The third-order valence-electron chi connectivity index (χ3n) is 6.73. The predicted molar refractivity (Wildman–Crippen MR) is 127 cm³/mol. The monoisotopic (exact) mass is 477 g/mol. The molecule has 5 rings (SSSR count). The zero-order chi connectivity index (χ0) is 24.4. The Hall–Kier alpha value is -3.82. The lowest BCUT2D eigenvalue weighted by Crippen LogP contribution is -2.54. The summed E-state index contributed by atoms with van der Waals surface area (Å²) in [7, 11) is 0. The first-order valence-corrected chi connectivity index (χ1v) is 11.9. The summed E-state index contributed by atoms with van der Waals surface area (Å²) < 4.78 is 14.8. The average molecular weight is 478 g/mol. The van der Waals surface area contributed by atoms with E-state index < -0.39 is 11.6 Å². The second kappa shape index (κ2) is 9.44. The highest BCUT2D eigenvalue weighted by atomic mass is 19.1. The first-order chi connectivity index (χ1) is 16.9. The van der Waals surface area contributed by atoms with Gasteiger partial charge in [-0.3, -0.25) is 4.79 Å². The largest absolute Gasteiger partial charge is 0.340 e. The molecule has 3 amide bonds. The molecule has 2 aromatic carbocycles. The third kappa shape index (κ3) is 5.16. The summed E-state index contributed by atoms with van der Waals surface area (Å²) in [5.41, 5.74) is 1.54. The predicted octanol–water partition coefficient (Wildman–Crippen LogP) is 3.25. The summed E-state index contributed by atoms with van der Waals surface area (Å²) in [5.74, 6) is 0.689. The van der Waals surface area contributed by atoms with Crippen LogP contribution in [0.3, 0.4) is 0 Å². The van der Waals surface area contributed by atoms with Gasteiger partial charge in [-0.15, -0.1) is 5.10 Å². The van der Waals surface area contributed by atoms with Crippen LogP contribution in [0.4, 0.5) is 14.9 Å². The zero-order valence-corrected chi connectivity index (χ0v) is 19.6. The summed E-state index contributed by atoms with van der Waals surface area (Å²) in [5, 5.41) is 17.2. The second-order valence-electron chi connectivity index (χ2n) is 9.44. The Morgan fingerprint density at radius 1 is 1.17 bits per heavy atom. The quantitative estimate of drug-likeness (QED) is 0.567. The van der Waals surface area contributed by atoms with Gasteiger partial charge in [0.05, 0.1) is 5.69 Å². The van der Waals surface area contributed by atoms with E-state index in [2.05, 4.69) is 26.2 Å². The number of hydrogen-bond acceptors (Lipinski definition) is 5. The minimum atomic E-state index is -0.841. The first kappa shape index (κ1) is 22.9. The van der Waals surface area contributed by atoms with Gasteiger partial charge in [-0.05, 0) is 91.3 Å². The Kier molecular flexibility index (Phi) is 6.19. The molecule has 3 aromatic rings. The van der Waals surface area contributed by atoms with Crippen molar-refractivity contribution in [1.29, 1.82) is 0 Å². The molecule has 1 aliphatic heterocycles. The summed E-state index contributed by atoms with van der Waals surface area (Å²) in [4.78, 5) is 28.0. The number of rotatable bonds is 6. The maximum absolute atomic E-state index is 13.4. The molecule has 1 saturated carbocycles. The summed E-state index contributed by atoms with van der Waals surface area (Å²) in [6.07, 6.45) is 4.01. The lowest BCUT2D eigenvalue weighted by molar-refractivity contribution is -0.136. The van der Waals surface area contributed by atoms with E-state index in [0.717, 1.165) is 30.5 Å². The van der Waals surface area contributed by atoms with Crippen molar-refractivity contribution in [1.82, 2.24) is 30.4 Å². The molecule has 2 fully saturated rings. The van der Waals surface area contributed by atoms with Crippen molar-refractivity contribution in [3.63, 3.8) is 0 Å². The van der Waals surface area contributed by atoms with E-state index in [4.69, 9.17) is 0 Å². The number of benzene rings is 2. The minimum absolute atomic E-state index is 0.0190.